The molecule has 0 bridgehead atoms. The van der Waals surface area contributed by atoms with E-state index in [1.165, 1.54) is 11.3 Å². The predicted octanol–water partition coefficient (Wildman–Crippen LogP) is 2.56. The van der Waals surface area contributed by atoms with Crippen LogP contribution in [0.15, 0.2) is 0 Å². The molecule has 2 heterocycles. The van der Waals surface area contributed by atoms with Crippen LogP contribution in [0.5, 0.6) is 0 Å². The molecule has 1 fully saturated rings. The lowest BCUT2D eigenvalue weighted by molar-refractivity contribution is 0.229. The lowest BCUT2D eigenvalue weighted by atomic mass is 10.1. The van der Waals surface area contributed by atoms with E-state index in [1.54, 1.807) is 0 Å². The molecule has 1 N–H and O–H groups in total. The van der Waals surface area contributed by atoms with Crippen LogP contribution in [0.1, 0.15) is 24.6 Å². The number of thiazole rings is 1. The maximum Gasteiger partial charge on any atom is 0.185 e. The molecule has 0 atom stereocenters. The quantitative estimate of drug-likeness (QED) is 0.917. The maximum atomic E-state index is 8.81. The van der Waals surface area contributed by atoms with E-state index in [9.17, 15) is 0 Å². The number of likely N-dealkylation sites (tertiary alicyclic amines) is 1. The summed E-state index contributed by atoms with van der Waals surface area (Å²) in [6, 6.07) is 2.50. The number of halogens is 1. The van der Waals surface area contributed by atoms with Gasteiger partial charge in [-0.1, -0.05) is 29.9 Å². The molecular formula is C11H15ClN4S. The minimum absolute atomic E-state index is 0.311. The van der Waals surface area contributed by atoms with Crippen LogP contribution < -0.4 is 5.32 Å². The van der Waals surface area contributed by atoms with E-state index in [2.05, 4.69) is 22.1 Å². The first-order valence-electron chi connectivity index (χ1n) is 5.78. The number of nitrogens with one attached hydrogen (secondary N) is 1. The van der Waals surface area contributed by atoms with Gasteiger partial charge in [0.15, 0.2) is 10.3 Å². The van der Waals surface area contributed by atoms with Gasteiger partial charge in [-0.2, -0.15) is 5.26 Å². The van der Waals surface area contributed by atoms with Gasteiger partial charge in [0.25, 0.3) is 0 Å². The first kappa shape index (κ1) is 12.6. The molecule has 0 amide bonds. The van der Waals surface area contributed by atoms with Gasteiger partial charge in [-0.3, -0.25) is 0 Å². The molecule has 0 aliphatic carbocycles. The maximum absolute atomic E-state index is 8.81. The Morgan fingerprint density at radius 2 is 2.29 bits per heavy atom. The summed E-state index contributed by atoms with van der Waals surface area (Å²) < 4.78 is 0. The monoisotopic (exact) mass is 270 g/mol. The molecule has 1 aliphatic rings. The van der Waals surface area contributed by atoms with E-state index < -0.39 is 0 Å². The summed E-state index contributed by atoms with van der Waals surface area (Å²) in [7, 11) is 0. The summed E-state index contributed by atoms with van der Waals surface area (Å²) in [4.78, 5) is 7.08. The van der Waals surface area contributed by atoms with Crippen LogP contribution in [-0.4, -0.2) is 35.6 Å². The molecule has 0 aromatic carbocycles. The minimum Gasteiger partial charge on any atom is -0.359 e. The Morgan fingerprint density at radius 1 is 1.59 bits per heavy atom. The zero-order chi connectivity index (χ0) is 12.3. The zero-order valence-corrected chi connectivity index (χ0v) is 11.3. The number of anilines is 1. The lowest BCUT2D eigenvalue weighted by Crippen LogP contribution is -2.38. The van der Waals surface area contributed by atoms with Crippen molar-refractivity contribution >= 4 is 28.1 Å². The number of rotatable bonds is 3. The molecule has 0 unspecified atom stereocenters. The molecule has 0 radical (unpaired) electrons. The van der Waals surface area contributed by atoms with E-state index in [-0.39, 0.29) is 0 Å². The minimum atomic E-state index is 0.311. The highest BCUT2D eigenvalue weighted by atomic mass is 35.5. The van der Waals surface area contributed by atoms with Gasteiger partial charge in [0.1, 0.15) is 10.9 Å². The molecule has 1 aliphatic heterocycles. The highest BCUT2D eigenvalue weighted by Gasteiger charge is 2.19. The second-order valence-corrected chi connectivity index (χ2v) is 5.46. The van der Waals surface area contributed by atoms with Crippen LogP contribution in [0, 0.1) is 11.3 Å². The fraction of sp³-hybridized carbons (Fsp3) is 0.636. The van der Waals surface area contributed by atoms with Crippen molar-refractivity contribution < 1.29 is 0 Å². The van der Waals surface area contributed by atoms with Crippen molar-refractivity contribution in [2.45, 2.75) is 25.8 Å². The average Bonchev–Trinajstić information content (AvgIpc) is 2.70. The molecule has 0 saturated carbocycles. The molecule has 92 valence electrons. The predicted molar refractivity (Wildman–Crippen MR) is 70.6 cm³/mol. The summed E-state index contributed by atoms with van der Waals surface area (Å²) >= 11 is 7.17. The van der Waals surface area contributed by atoms with Crippen molar-refractivity contribution in [3.05, 3.63) is 10.0 Å². The Morgan fingerprint density at radius 3 is 2.82 bits per heavy atom. The van der Waals surface area contributed by atoms with Gasteiger partial charge in [-0.15, -0.1) is 0 Å². The summed E-state index contributed by atoms with van der Waals surface area (Å²) in [6.45, 7) is 5.55. The standard InChI is InChI=1S/C11H15ClN4S/c1-2-16-5-3-8(4-6-16)14-11-15-10(12)9(7-13)17-11/h8H,2-6H2,1H3,(H,14,15). The van der Waals surface area contributed by atoms with Crippen LogP contribution in [0.4, 0.5) is 5.13 Å². The van der Waals surface area contributed by atoms with E-state index in [0.29, 0.717) is 16.1 Å². The van der Waals surface area contributed by atoms with Crippen LogP contribution in [0.25, 0.3) is 0 Å². The molecule has 2 rings (SSSR count). The zero-order valence-electron chi connectivity index (χ0n) is 9.74. The number of hydrogen-bond donors (Lipinski definition) is 1. The van der Waals surface area contributed by atoms with E-state index >= 15 is 0 Å². The first-order chi connectivity index (χ1) is 8.22. The van der Waals surface area contributed by atoms with Gasteiger partial charge in [0, 0.05) is 19.1 Å². The molecule has 1 aromatic heterocycles. The van der Waals surface area contributed by atoms with Crippen molar-refractivity contribution in [3.63, 3.8) is 0 Å². The number of aromatic nitrogens is 1. The van der Waals surface area contributed by atoms with E-state index in [0.717, 1.165) is 37.6 Å². The molecule has 17 heavy (non-hydrogen) atoms. The molecule has 1 saturated heterocycles. The van der Waals surface area contributed by atoms with Gasteiger partial charge in [-0.25, -0.2) is 4.98 Å². The normalized spacial score (nSPS) is 17.9. The lowest BCUT2D eigenvalue weighted by Gasteiger charge is -2.31. The molecule has 1 aromatic rings. The van der Waals surface area contributed by atoms with Crippen LogP contribution in [0.3, 0.4) is 0 Å². The average molecular weight is 271 g/mol. The van der Waals surface area contributed by atoms with E-state index in [4.69, 9.17) is 16.9 Å². The highest BCUT2D eigenvalue weighted by molar-refractivity contribution is 7.16. The molecule has 0 spiro atoms. The number of nitrogens with zero attached hydrogens (tertiary/aromatic N) is 3. The van der Waals surface area contributed by atoms with Gasteiger partial charge in [-0.05, 0) is 19.4 Å². The third kappa shape index (κ3) is 3.09. The van der Waals surface area contributed by atoms with Crippen molar-refractivity contribution in [2.24, 2.45) is 0 Å². The van der Waals surface area contributed by atoms with Crippen molar-refractivity contribution in [1.82, 2.24) is 9.88 Å². The molecular weight excluding hydrogens is 256 g/mol. The largest absolute Gasteiger partial charge is 0.359 e. The summed E-state index contributed by atoms with van der Waals surface area (Å²) in [5.74, 6) is 0. The number of hydrogen-bond acceptors (Lipinski definition) is 5. The summed E-state index contributed by atoms with van der Waals surface area (Å²) in [5, 5.41) is 13.2. The number of nitriles is 1. The van der Waals surface area contributed by atoms with Crippen LogP contribution in [0.2, 0.25) is 5.15 Å². The topological polar surface area (TPSA) is 52.0 Å². The first-order valence-corrected chi connectivity index (χ1v) is 6.97. The van der Waals surface area contributed by atoms with Crippen LogP contribution >= 0.6 is 22.9 Å². The second-order valence-electron chi connectivity index (χ2n) is 4.10. The third-order valence-electron chi connectivity index (χ3n) is 3.05. The fourth-order valence-corrected chi connectivity index (χ4v) is 3.02. The smallest absolute Gasteiger partial charge is 0.185 e. The third-order valence-corrected chi connectivity index (χ3v) is 4.33. The van der Waals surface area contributed by atoms with Gasteiger partial charge < -0.3 is 10.2 Å². The molecule has 6 heteroatoms. The van der Waals surface area contributed by atoms with E-state index in [1.807, 2.05) is 6.07 Å². The van der Waals surface area contributed by atoms with Crippen LogP contribution in [-0.2, 0) is 0 Å². The summed E-state index contributed by atoms with van der Waals surface area (Å²) in [6.07, 6.45) is 2.24. The molecule has 4 nitrogen and oxygen atoms in total. The Hall–Kier alpha value is -0.830. The Labute approximate surface area is 110 Å². The highest BCUT2D eigenvalue weighted by Crippen LogP contribution is 2.27. The Kier molecular flexibility index (Phi) is 4.21. The van der Waals surface area contributed by atoms with Gasteiger partial charge >= 0.3 is 0 Å². The number of piperidine rings is 1. The second kappa shape index (κ2) is 5.67. The van der Waals surface area contributed by atoms with Crippen molar-refractivity contribution in [1.29, 1.82) is 5.26 Å². The fourth-order valence-electron chi connectivity index (χ4n) is 2.00. The summed E-state index contributed by atoms with van der Waals surface area (Å²) in [5.41, 5.74) is 0. The Bertz CT molecular complexity index is 418. The van der Waals surface area contributed by atoms with Gasteiger partial charge in [0.2, 0.25) is 0 Å². The van der Waals surface area contributed by atoms with Crippen molar-refractivity contribution in [2.75, 3.05) is 25.0 Å². The van der Waals surface area contributed by atoms with Crippen molar-refractivity contribution in [3.8, 4) is 6.07 Å². The Balaban J connectivity index is 1.91. The SMILES string of the molecule is CCN1CCC(Nc2nc(Cl)c(C#N)s2)CC1. The van der Waals surface area contributed by atoms with Gasteiger partial charge in [0.05, 0.1) is 0 Å².